The molecule has 6 heteroatoms. The van der Waals surface area contributed by atoms with E-state index in [2.05, 4.69) is 50.5 Å². The minimum atomic E-state index is -1.16. The van der Waals surface area contributed by atoms with Gasteiger partial charge in [0, 0.05) is 25.7 Å². The van der Waals surface area contributed by atoms with Crippen LogP contribution in [-0.4, -0.2) is 45.5 Å². The van der Waals surface area contributed by atoms with Gasteiger partial charge in [0.2, 0.25) is 0 Å². The van der Waals surface area contributed by atoms with E-state index in [1.165, 1.54) is 42.9 Å². The molecule has 0 unspecified atom stereocenters. The van der Waals surface area contributed by atoms with Crippen molar-refractivity contribution in [3.8, 4) is 0 Å². The lowest BCUT2D eigenvalue weighted by molar-refractivity contribution is 0.0728. The molecule has 0 saturated heterocycles. The largest absolute Gasteiger partial charge is 0.507 e. The van der Waals surface area contributed by atoms with Crippen LogP contribution in [0.25, 0.3) is 0 Å². The Hall–Kier alpha value is -0.339. The van der Waals surface area contributed by atoms with Crippen LogP contribution < -0.4 is 0 Å². The fourth-order valence-corrected chi connectivity index (χ4v) is 15.1. The molecule has 23 heavy (non-hydrogen) atoms. The van der Waals surface area contributed by atoms with Crippen LogP contribution in [0.5, 0.6) is 0 Å². The molecular formula is C17H38O3Si3. The predicted molar refractivity (Wildman–Crippen MR) is 110 cm³/mol. The van der Waals surface area contributed by atoms with Crippen LogP contribution >= 0.6 is 0 Å². The molecule has 0 saturated carbocycles. The highest BCUT2D eigenvalue weighted by atomic mass is 28.3. The van der Waals surface area contributed by atoms with Gasteiger partial charge in [-0.05, 0) is 20.3 Å². The number of hydrogen-bond donors (Lipinski definition) is 0. The maximum Gasteiger partial charge on any atom is 0.507 e. The minimum Gasteiger partial charge on any atom is -0.438 e. The first-order valence-corrected chi connectivity index (χ1v) is 17.6. The van der Waals surface area contributed by atoms with Gasteiger partial charge in [-0.1, -0.05) is 62.0 Å². The van der Waals surface area contributed by atoms with E-state index >= 15 is 0 Å². The molecule has 3 nitrogen and oxygen atoms in total. The van der Waals surface area contributed by atoms with Gasteiger partial charge in [0.1, 0.15) is 0 Å². The summed E-state index contributed by atoms with van der Waals surface area (Å²) < 4.78 is 9.48. The van der Waals surface area contributed by atoms with Crippen molar-refractivity contribution in [3.05, 3.63) is 11.3 Å². The maximum absolute atomic E-state index is 10.9. The summed E-state index contributed by atoms with van der Waals surface area (Å²) in [6.07, 6.45) is 0.419. The van der Waals surface area contributed by atoms with Crippen LogP contribution in [0, 0.1) is 0 Å². The lowest BCUT2D eigenvalue weighted by atomic mass is 10.4. The molecule has 0 atom stereocenters. The van der Waals surface area contributed by atoms with Crippen molar-refractivity contribution in [2.24, 2.45) is 0 Å². The molecular weight excluding hydrogens is 336 g/mol. The van der Waals surface area contributed by atoms with Gasteiger partial charge in [0.25, 0.3) is 0 Å². The summed E-state index contributed by atoms with van der Waals surface area (Å²) in [6.45, 7) is 15.0. The molecule has 0 N–H and O–H groups in total. The van der Waals surface area contributed by atoms with Crippen molar-refractivity contribution in [1.82, 2.24) is 0 Å². The smallest absolute Gasteiger partial charge is 0.438 e. The topological polar surface area (TPSA) is 35.5 Å². The highest BCUT2D eigenvalue weighted by Crippen LogP contribution is 2.27. The summed E-state index contributed by atoms with van der Waals surface area (Å²) in [5, 5.41) is 0. The molecule has 0 amide bonds. The minimum absolute atomic E-state index is 0.0298. The van der Waals surface area contributed by atoms with Crippen molar-refractivity contribution >= 4 is 31.8 Å². The zero-order valence-electron chi connectivity index (χ0n) is 16.5. The van der Waals surface area contributed by atoms with Gasteiger partial charge < -0.3 is 9.47 Å². The Morgan fingerprint density at radius 1 is 1.00 bits per heavy atom. The third kappa shape index (κ3) is 13.8. The van der Waals surface area contributed by atoms with E-state index in [4.69, 9.17) is 4.74 Å². The number of rotatable bonds is 11. The Kier molecular flexibility index (Phi) is 11.1. The molecule has 0 aromatic rings. The van der Waals surface area contributed by atoms with Gasteiger partial charge in [0.15, 0.2) is 0 Å². The first kappa shape index (κ1) is 22.7. The fourth-order valence-electron chi connectivity index (χ4n) is 2.66. The lowest BCUT2D eigenvalue weighted by Gasteiger charge is -2.28. The second-order valence-electron chi connectivity index (χ2n) is 8.41. The van der Waals surface area contributed by atoms with Gasteiger partial charge in [-0.25, -0.2) is 4.79 Å². The third-order valence-corrected chi connectivity index (χ3v) is 14.2. The monoisotopic (exact) mass is 374 g/mol. The molecule has 0 aliphatic rings. The normalized spacial score (nSPS) is 12.5. The van der Waals surface area contributed by atoms with E-state index in [9.17, 15) is 4.79 Å². The van der Waals surface area contributed by atoms with Crippen LogP contribution in [0.1, 0.15) is 20.3 Å². The van der Waals surface area contributed by atoms with E-state index in [0.29, 0.717) is 6.61 Å². The van der Waals surface area contributed by atoms with Gasteiger partial charge in [-0.3, -0.25) is 0 Å². The molecule has 0 fully saturated rings. The summed E-state index contributed by atoms with van der Waals surface area (Å²) in [6, 6.07) is 7.11. The molecule has 136 valence electrons. The molecule has 0 aliphatic carbocycles. The van der Waals surface area contributed by atoms with Crippen LogP contribution in [0.3, 0.4) is 0 Å². The van der Waals surface area contributed by atoms with Gasteiger partial charge in [-0.2, -0.15) is 0 Å². The van der Waals surface area contributed by atoms with Crippen LogP contribution in [0.15, 0.2) is 11.3 Å². The Morgan fingerprint density at radius 2 is 1.57 bits per heavy atom. The maximum atomic E-state index is 10.9. The lowest BCUT2D eigenvalue weighted by Crippen LogP contribution is -2.32. The van der Waals surface area contributed by atoms with Crippen molar-refractivity contribution in [3.63, 3.8) is 0 Å². The Labute approximate surface area is 148 Å². The van der Waals surface area contributed by atoms with Crippen LogP contribution in [0.2, 0.25) is 56.4 Å². The fraction of sp³-hybridized carbons (Fsp3) is 0.824. The van der Waals surface area contributed by atoms with Gasteiger partial charge >= 0.3 is 6.16 Å². The Balaban J connectivity index is 3.99. The first-order chi connectivity index (χ1) is 10.6. The van der Waals surface area contributed by atoms with Crippen LogP contribution in [0.4, 0.5) is 4.79 Å². The van der Waals surface area contributed by atoms with E-state index in [-0.39, 0.29) is 9.52 Å². The number of carbonyl (C=O) groups is 1. The summed E-state index contributed by atoms with van der Waals surface area (Å²) in [7, 11) is -0.795. The molecule has 0 bridgehead atoms. The summed E-state index contributed by atoms with van der Waals surface area (Å²) in [5.41, 5.74) is 4.00. The predicted octanol–water partition coefficient (Wildman–Crippen LogP) is 5.09. The quantitative estimate of drug-likeness (QED) is 0.287. The SMILES string of the molecule is COC(=O)OCCC[Si](C)(C)CC[Si](C)(C)CC[SiH2]C=C(C)C. The summed E-state index contributed by atoms with van der Waals surface area (Å²) >= 11 is 0. The molecule has 0 aromatic carbocycles. The number of methoxy groups -OCH3 is 1. The number of allylic oxidation sites excluding steroid dienone is 1. The molecule has 0 aromatic heterocycles. The standard InChI is InChI=1S/C17H38O3Si3/c1-16(2)15-21-10-12-23(6,7)14-13-22(4,5)11-8-9-20-17(18)19-3/h15H,8-14,21H2,1-7H3. The molecule has 0 heterocycles. The highest BCUT2D eigenvalue weighted by molar-refractivity contribution is 6.83. The summed E-state index contributed by atoms with van der Waals surface area (Å²) in [4.78, 5) is 10.9. The van der Waals surface area contributed by atoms with E-state index in [1.54, 1.807) is 0 Å². The highest BCUT2D eigenvalue weighted by Gasteiger charge is 2.26. The Morgan fingerprint density at radius 3 is 2.09 bits per heavy atom. The van der Waals surface area contributed by atoms with E-state index in [1.807, 2.05) is 0 Å². The number of ether oxygens (including phenoxy) is 2. The molecule has 0 aliphatic heterocycles. The summed E-state index contributed by atoms with van der Waals surface area (Å²) in [5.74, 6) is 0. The van der Waals surface area contributed by atoms with E-state index in [0.717, 1.165) is 6.42 Å². The van der Waals surface area contributed by atoms with Gasteiger partial charge in [-0.15, -0.1) is 5.70 Å². The van der Waals surface area contributed by atoms with Crippen LogP contribution in [-0.2, 0) is 9.47 Å². The zero-order chi connectivity index (χ0) is 17.9. The number of carbonyl (C=O) groups excluding carboxylic acids is 1. The second kappa shape index (κ2) is 11.3. The van der Waals surface area contributed by atoms with Crippen molar-refractivity contribution < 1.29 is 14.3 Å². The molecule has 0 rings (SSSR count). The third-order valence-electron chi connectivity index (χ3n) is 4.47. The van der Waals surface area contributed by atoms with Crippen molar-refractivity contribution in [1.29, 1.82) is 0 Å². The second-order valence-corrected chi connectivity index (χ2v) is 20.8. The first-order valence-electron chi connectivity index (χ1n) is 8.92. The zero-order valence-corrected chi connectivity index (χ0v) is 19.9. The number of hydrogen-bond acceptors (Lipinski definition) is 3. The average molecular weight is 375 g/mol. The molecule has 0 spiro atoms. The van der Waals surface area contributed by atoms with Crippen molar-refractivity contribution in [2.75, 3.05) is 13.7 Å². The van der Waals surface area contributed by atoms with Crippen molar-refractivity contribution in [2.45, 2.75) is 76.7 Å². The van der Waals surface area contributed by atoms with E-state index < -0.39 is 22.3 Å². The average Bonchev–Trinajstić information content (AvgIpc) is 2.46. The molecule has 0 radical (unpaired) electrons. The Bertz CT molecular complexity index is 375. The van der Waals surface area contributed by atoms with Gasteiger partial charge in [0.05, 0.1) is 13.7 Å².